The first-order valence-electron chi connectivity index (χ1n) is 4.31. The molecule has 0 radical (unpaired) electrons. The van der Waals surface area contributed by atoms with Crippen molar-refractivity contribution in [2.75, 3.05) is 0 Å². The van der Waals surface area contributed by atoms with Gasteiger partial charge in [-0.15, -0.1) is 0 Å². The Labute approximate surface area is 77.3 Å². The van der Waals surface area contributed by atoms with Crippen LogP contribution in [0.4, 0.5) is 0 Å². The lowest BCUT2D eigenvalue weighted by molar-refractivity contribution is 0.742. The molecule has 0 atom stereocenters. The molecular weight excluding hydrogens is 160 g/mol. The van der Waals surface area contributed by atoms with Crippen molar-refractivity contribution in [3.05, 3.63) is 48.0 Å². The Bertz CT molecular complexity index is 410. The van der Waals surface area contributed by atoms with Crippen molar-refractivity contribution in [1.29, 1.82) is 0 Å². The fraction of sp³-hybridized carbons (Fsp3) is 0.0909. The molecule has 0 fully saturated rings. The summed E-state index contributed by atoms with van der Waals surface area (Å²) >= 11 is 0. The molecule has 0 aliphatic carbocycles. The fourth-order valence-electron chi connectivity index (χ4n) is 1.47. The van der Waals surface area contributed by atoms with Gasteiger partial charge in [-0.05, 0) is 22.4 Å². The summed E-state index contributed by atoms with van der Waals surface area (Å²) in [4.78, 5) is 0. The van der Waals surface area contributed by atoms with Crippen LogP contribution in [0.2, 0.25) is 0 Å². The Morgan fingerprint density at radius 2 is 1.77 bits per heavy atom. The van der Waals surface area contributed by atoms with E-state index < -0.39 is 0 Å². The molecule has 2 heteroatoms. The fourth-order valence-corrected chi connectivity index (χ4v) is 1.47. The SMILES string of the molecule is NNCc1ccc2ccccc2c1. The molecule has 2 aromatic rings. The van der Waals surface area contributed by atoms with E-state index in [0.29, 0.717) is 6.54 Å². The van der Waals surface area contributed by atoms with Crippen molar-refractivity contribution in [3.63, 3.8) is 0 Å². The quantitative estimate of drug-likeness (QED) is 0.535. The summed E-state index contributed by atoms with van der Waals surface area (Å²) in [6.45, 7) is 0.713. The number of rotatable bonds is 2. The van der Waals surface area contributed by atoms with Gasteiger partial charge in [0.05, 0.1) is 0 Å². The Kier molecular flexibility index (Phi) is 2.25. The number of hydrogen-bond acceptors (Lipinski definition) is 2. The maximum Gasteiger partial charge on any atom is 0.0348 e. The average molecular weight is 172 g/mol. The summed E-state index contributed by atoms with van der Waals surface area (Å²) in [7, 11) is 0. The van der Waals surface area contributed by atoms with Gasteiger partial charge in [0.25, 0.3) is 0 Å². The molecule has 0 bridgehead atoms. The molecule has 0 heterocycles. The van der Waals surface area contributed by atoms with Crippen LogP contribution in [-0.2, 0) is 6.54 Å². The molecule has 0 amide bonds. The van der Waals surface area contributed by atoms with Crippen LogP contribution < -0.4 is 11.3 Å². The lowest BCUT2D eigenvalue weighted by Gasteiger charge is -2.02. The Morgan fingerprint density at radius 3 is 2.54 bits per heavy atom. The van der Waals surface area contributed by atoms with E-state index in [4.69, 9.17) is 5.84 Å². The van der Waals surface area contributed by atoms with E-state index in [-0.39, 0.29) is 0 Å². The van der Waals surface area contributed by atoms with Gasteiger partial charge in [-0.2, -0.15) is 0 Å². The first-order chi connectivity index (χ1) is 6.40. The normalized spacial score (nSPS) is 10.5. The maximum atomic E-state index is 5.25. The molecule has 0 unspecified atom stereocenters. The lowest BCUT2D eigenvalue weighted by Crippen LogP contribution is -2.20. The van der Waals surface area contributed by atoms with E-state index in [2.05, 4.69) is 35.8 Å². The third-order valence-electron chi connectivity index (χ3n) is 2.12. The molecule has 3 N–H and O–H groups in total. The Morgan fingerprint density at radius 1 is 1.00 bits per heavy atom. The van der Waals surface area contributed by atoms with E-state index in [1.807, 2.05) is 12.1 Å². The third kappa shape index (κ3) is 1.69. The van der Waals surface area contributed by atoms with Crippen molar-refractivity contribution in [2.45, 2.75) is 6.54 Å². The number of nitrogens with one attached hydrogen (secondary N) is 1. The molecule has 0 aromatic heterocycles. The van der Waals surface area contributed by atoms with E-state index in [1.54, 1.807) is 0 Å². The van der Waals surface area contributed by atoms with Gasteiger partial charge in [0.15, 0.2) is 0 Å². The number of benzene rings is 2. The molecule has 2 aromatic carbocycles. The molecule has 66 valence electrons. The minimum Gasteiger partial charge on any atom is -0.271 e. The second-order valence-corrected chi connectivity index (χ2v) is 3.06. The van der Waals surface area contributed by atoms with Gasteiger partial charge in [0.1, 0.15) is 0 Å². The van der Waals surface area contributed by atoms with Crippen molar-refractivity contribution in [1.82, 2.24) is 5.43 Å². The topological polar surface area (TPSA) is 38.0 Å². The zero-order valence-corrected chi connectivity index (χ0v) is 7.33. The predicted octanol–water partition coefficient (Wildman–Crippen LogP) is 1.80. The second-order valence-electron chi connectivity index (χ2n) is 3.06. The van der Waals surface area contributed by atoms with Crippen LogP contribution >= 0.6 is 0 Å². The standard InChI is InChI=1S/C11H12N2/c12-13-8-9-5-6-10-3-1-2-4-11(10)7-9/h1-7,13H,8,12H2. The number of nitrogens with two attached hydrogens (primary N) is 1. The van der Waals surface area contributed by atoms with Gasteiger partial charge in [-0.3, -0.25) is 11.3 Å². The molecule has 0 spiro atoms. The summed E-state index contributed by atoms with van der Waals surface area (Å²) in [6.07, 6.45) is 0. The van der Waals surface area contributed by atoms with Gasteiger partial charge in [-0.25, -0.2) is 0 Å². The molecule has 13 heavy (non-hydrogen) atoms. The van der Waals surface area contributed by atoms with Crippen molar-refractivity contribution in [3.8, 4) is 0 Å². The molecule has 0 aliphatic rings. The Hall–Kier alpha value is -1.38. The molecule has 0 aliphatic heterocycles. The summed E-state index contributed by atoms with van der Waals surface area (Å²) in [5.74, 6) is 5.25. The summed E-state index contributed by atoms with van der Waals surface area (Å²) < 4.78 is 0. The zero-order chi connectivity index (χ0) is 9.10. The van der Waals surface area contributed by atoms with Gasteiger partial charge in [0, 0.05) is 6.54 Å². The summed E-state index contributed by atoms with van der Waals surface area (Å²) in [6, 6.07) is 14.6. The highest BCUT2D eigenvalue weighted by molar-refractivity contribution is 5.82. The van der Waals surface area contributed by atoms with Crippen LogP contribution in [0.5, 0.6) is 0 Å². The van der Waals surface area contributed by atoms with Crippen molar-refractivity contribution < 1.29 is 0 Å². The van der Waals surface area contributed by atoms with E-state index >= 15 is 0 Å². The van der Waals surface area contributed by atoms with Crippen LogP contribution in [-0.4, -0.2) is 0 Å². The van der Waals surface area contributed by atoms with Crippen LogP contribution in [0.1, 0.15) is 5.56 Å². The van der Waals surface area contributed by atoms with Crippen LogP contribution in [0.25, 0.3) is 10.8 Å². The van der Waals surface area contributed by atoms with Crippen LogP contribution in [0.15, 0.2) is 42.5 Å². The monoisotopic (exact) mass is 172 g/mol. The zero-order valence-electron chi connectivity index (χ0n) is 7.33. The minimum atomic E-state index is 0.713. The third-order valence-corrected chi connectivity index (χ3v) is 2.12. The lowest BCUT2D eigenvalue weighted by atomic mass is 10.1. The minimum absolute atomic E-state index is 0.713. The van der Waals surface area contributed by atoms with E-state index in [0.717, 1.165) is 0 Å². The highest BCUT2D eigenvalue weighted by atomic mass is 15.2. The van der Waals surface area contributed by atoms with E-state index in [9.17, 15) is 0 Å². The highest BCUT2D eigenvalue weighted by Gasteiger charge is 1.93. The van der Waals surface area contributed by atoms with Crippen molar-refractivity contribution in [2.24, 2.45) is 5.84 Å². The van der Waals surface area contributed by atoms with Gasteiger partial charge in [0.2, 0.25) is 0 Å². The predicted molar refractivity (Wildman–Crippen MR) is 55.0 cm³/mol. The average Bonchev–Trinajstić information content (AvgIpc) is 2.18. The van der Waals surface area contributed by atoms with Gasteiger partial charge < -0.3 is 0 Å². The Balaban J connectivity index is 2.49. The second kappa shape index (κ2) is 3.56. The maximum absolute atomic E-state index is 5.25. The van der Waals surface area contributed by atoms with Crippen LogP contribution in [0.3, 0.4) is 0 Å². The molecule has 2 rings (SSSR count). The van der Waals surface area contributed by atoms with Crippen molar-refractivity contribution >= 4 is 10.8 Å². The van der Waals surface area contributed by atoms with Gasteiger partial charge >= 0.3 is 0 Å². The van der Waals surface area contributed by atoms with Gasteiger partial charge in [-0.1, -0.05) is 36.4 Å². The first-order valence-corrected chi connectivity index (χ1v) is 4.31. The number of hydrogen-bond donors (Lipinski definition) is 2. The first kappa shape index (κ1) is 8.23. The van der Waals surface area contributed by atoms with E-state index in [1.165, 1.54) is 16.3 Å². The number of hydrazine groups is 1. The van der Waals surface area contributed by atoms with Crippen LogP contribution in [0, 0.1) is 0 Å². The molecule has 0 saturated heterocycles. The smallest absolute Gasteiger partial charge is 0.0348 e. The molecule has 2 nitrogen and oxygen atoms in total. The highest BCUT2D eigenvalue weighted by Crippen LogP contribution is 2.15. The number of fused-ring (bicyclic) bond motifs is 1. The molecular formula is C11H12N2. The summed E-state index contributed by atoms with van der Waals surface area (Å²) in [5.41, 5.74) is 3.86. The largest absolute Gasteiger partial charge is 0.271 e. The molecule has 0 saturated carbocycles. The summed E-state index contributed by atoms with van der Waals surface area (Å²) in [5, 5.41) is 2.53.